The maximum atomic E-state index is 12.8. The van der Waals surface area contributed by atoms with Crippen LogP contribution >= 0.6 is 11.6 Å². The van der Waals surface area contributed by atoms with Crippen LogP contribution in [0.1, 0.15) is 15.9 Å². The second kappa shape index (κ2) is 5.85. The van der Waals surface area contributed by atoms with Crippen LogP contribution in [0.15, 0.2) is 48.5 Å². The molecule has 4 heteroatoms. The highest BCUT2D eigenvalue weighted by Gasteiger charge is 2.14. The summed E-state index contributed by atoms with van der Waals surface area (Å²) in [5.74, 6) is -0.446. The van der Waals surface area contributed by atoms with E-state index in [1.165, 1.54) is 12.1 Å². The van der Waals surface area contributed by atoms with Gasteiger partial charge in [-0.3, -0.25) is 4.79 Å². The molecule has 0 unspecified atom stereocenters. The van der Waals surface area contributed by atoms with E-state index in [4.69, 9.17) is 11.6 Å². The quantitative estimate of drug-likeness (QED) is 0.837. The molecule has 1 amide bonds. The second-order valence-electron chi connectivity index (χ2n) is 4.27. The van der Waals surface area contributed by atoms with E-state index in [2.05, 4.69) is 0 Å². The third-order valence-corrected chi connectivity index (χ3v) is 3.11. The van der Waals surface area contributed by atoms with Gasteiger partial charge in [0, 0.05) is 13.6 Å². The predicted octanol–water partition coefficient (Wildman–Crippen LogP) is 3.75. The van der Waals surface area contributed by atoms with Gasteiger partial charge in [-0.15, -0.1) is 0 Å². The molecular weight excluding hydrogens is 265 g/mol. The Balaban J connectivity index is 2.12. The Morgan fingerprint density at radius 1 is 1.16 bits per heavy atom. The fraction of sp³-hybridized carbons (Fsp3) is 0.133. The molecule has 19 heavy (non-hydrogen) atoms. The third kappa shape index (κ3) is 3.32. The molecule has 0 aromatic heterocycles. The summed E-state index contributed by atoms with van der Waals surface area (Å²) in [5, 5.41) is 0.429. The van der Waals surface area contributed by atoms with Gasteiger partial charge >= 0.3 is 0 Å². The average Bonchev–Trinajstić information content (AvgIpc) is 2.41. The van der Waals surface area contributed by atoms with E-state index < -0.39 is 0 Å². The number of hydrogen-bond acceptors (Lipinski definition) is 1. The summed E-state index contributed by atoms with van der Waals surface area (Å²) in [4.78, 5) is 13.8. The first-order valence-corrected chi connectivity index (χ1v) is 6.20. The van der Waals surface area contributed by atoms with Crippen LogP contribution in [0.3, 0.4) is 0 Å². The molecule has 0 saturated carbocycles. The summed E-state index contributed by atoms with van der Waals surface area (Å²) in [6.45, 7) is 0.407. The zero-order valence-electron chi connectivity index (χ0n) is 10.4. The lowest BCUT2D eigenvalue weighted by molar-refractivity contribution is 0.0785. The molecule has 0 saturated heterocycles. The van der Waals surface area contributed by atoms with Crippen molar-refractivity contribution in [2.45, 2.75) is 6.54 Å². The number of benzene rings is 2. The van der Waals surface area contributed by atoms with E-state index in [-0.39, 0.29) is 11.7 Å². The van der Waals surface area contributed by atoms with E-state index >= 15 is 0 Å². The van der Waals surface area contributed by atoms with Crippen molar-refractivity contribution < 1.29 is 9.18 Å². The van der Waals surface area contributed by atoms with Gasteiger partial charge in [-0.1, -0.05) is 35.9 Å². The van der Waals surface area contributed by atoms with Crippen LogP contribution in [-0.4, -0.2) is 17.9 Å². The van der Waals surface area contributed by atoms with Crippen molar-refractivity contribution in [1.82, 2.24) is 4.90 Å². The van der Waals surface area contributed by atoms with Gasteiger partial charge in [0.05, 0.1) is 10.6 Å². The Hall–Kier alpha value is -1.87. The lowest BCUT2D eigenvalue weighted by Crippen LogP contribution is -2.26. The number of rotatable bonds is 3. The number of carbonyl (C=O) groups is 1. The van der Waals surface area contributed by atoms with Crippen molar-refractivity contribution in [1.29, 1.82) is 0 Å². The standard InChI is InChI=1S/C15H13ClFNO/c1-18(10-11-6-8-12(17)9-7-11)15(19)13-4-2-3-5-14(13)16/h2-9H,10H2,1H3. The maximum Gasteiger partial charge on any atom is 0.255 e. The van der Waals surface area contributed by atoms with Crippen LogP contribution in [0.2, 0.25) is 5.02 Å². The fourth-order valence-corrected chi connectivity index (χ4v) is 1.99. The fourth-order valence-electron chi connectivity index (χ4n) is 1.78. The minimum absolute atomic E-state index is 0.157. The Labute approximate surface area is 116 Å². The van der Waals surface area contributed by atoms with Gasteiger partial charge < -0.3 is 4.90 Å². The lowest BCUT2D eigenvalue weighted by atomic mass is 10.1. The van der Waals surface area contributed by atoms with Crippen molar-refractivity contribution in [3.8, 4) is 0 Å². The molecule has 0 aliphatic rings. The predicted molar refractivity (Wildman–Crippen MR) is 73.6 cm³/mol. The topological polar surface area (TPSA) is 20.3 Å². The normalized spacial score (nSPS) is 10.3. The number of halogens is 2. The first-order chi connectivity index (χ1) is 9.08. The molecule has 0 aliphatic carbocycles. The van der Waals surface area contributed by atoms with E-state index in [9.17, 15) is 9.18 Å². The molecule has 0 heterocycles. The molecule has 0 fully saturated rings. The first-order valence-electron chi connectivity index (χ1n) is 5.82. The van der Waals surface area contributed by atoms with Gasteiger partial charge in [0.15, 0.2) is 0 Å². The van der Waals surface area contributed by atoms with Crippen molar-refractivity contribution in [2.75, 3.05) is 7.05 Å². The van der Waals surface area contributed by atoms with Crippen LogP contribution in [0, 0.1) is 5.82 Å². The molecule has 0 atom stereocenters. The van der Waals surface area contributed by atoms with E-state index in [0.717, 1.165) is 5.56 Å². The molecule has 0 radical (unpaired) electrons. The Morgan fingerprint density at radius 2 is 1.79 bits per heavy atom. The van der Waals surface area contributed by atoms with Crippen molar-refractivity contribution >= 4 is 17.5 Å². The molecule has 2 rings (SSSR count). The number of carbonyl (C=O) groups excluding carboxylic acids is 1. The summed E-state index contributed by atoms with van der Waals surface area (Å²) in [7, 11) is 1.69. The molecule has 2 nitrogen and oxygen atoms in total. The van der Waals surface area contributed by atoms with Crippen molar-refractivity contribution in [3.63, 3.8) is 0 Å². The molecule has 2 aromatic rings. The highest BCUT2D eigenvalue weighted by molar-refractivity contribution is 6.33. The van der Waals surface area contributed by atoms with Crippen molar-refractivity contribution in [3.05, 3.63) is 70.5 Å². The van der Waals surface area contributed by atoms with Crippen LogP contribution in [-0.2, 0) is 6.54 Å². The van der Waals surface area contributed by atoms with Gasteiger partial charge in [-0.2, -0.15) is 0 Å². The zero-order valence-corrected chi connectivity index (χ0v) is 11.2. The van der Waals surface area contributed by atoms with Crippen LogP contribution < -0.4 is 0 Å². The van der Waals surface area contributed by atoms with E-state index in [1.54, 1.807) is 48.3 Å². The van der Waals surface area contributed by atoms with Gasteiger partial charge in [0.25, 0.3) is 5.91 Å². The lowest BCUT2D eigenvalue weighted by Gasteiger charge is -2.18. The number of hydrogen-bond donors (Lipinski definition) is 0. The summed E-state index contributed by atoms with van der Waals surface area (Å²) in [6, 6.07) is 13.0. The van der Waals surface area contributed by atoms with Crippen LogP contribution in [0.25, 0.3) is 0 Å². The highest BCUT2D eigenvalue weighted by Crippen LogP contribution is 2.17. The molecule has 0 bridgehead atoms. The molecule has 2 aromatic carbocycles. The molecule has 0 aliphatic heterocycles. The van der Waals surface area contributed by atoms with E-state index in [1.807, 2.05) is 0 Å². The smallest absolute Gasteiger partial charge is 0.255 e. The van der Waals surface area contributed by atoms with Gasteiger partial charge in [0.1, 0.15) is 5.82 Å². The molecule has 98 valence electrons. The number of amides is 1. The molecule has 0 N–H and O–H groups in total. The maximum absolute atomic E-state index is 12.8. The summed E-state index contributed by atoms with van der Waals surface area (Å²) in [5.41, 5.74) is 1.33. The van der Waals surface area contributed by atoms with Crippen molar-refractivity contribution in [2.24, 2.45) is 0 Å². The van der Waals surface area contributed by atoms with Gasteiger partial charge in [0.2, 0.25) is 0 Å². The Bertz CT molecular complexity index is 583. The van der Waals surface area contributed by atoms with Crippen LogP contribution in [0.4, 0.5) is 4.39 Å². The summed E-state index contributed by atoms with van der Waals surface area (Å²) >= 11 is 5.99. The minimum Gasteiger partial charge on any atom is -0.337 e. The highest BCUT2D eigenvalue weighted by atomic mass is 35.5. The summed E-state index contributed by atoms with van der Waals surface area (Å²) in [6.07, 6.45) is 0. The SMILES string of the molecule is CN(Cc1ccc(F)cc1)C(=O)c1ccccc1Cl. The first kappa shape index (κ1) is 13.6. The Morgan fingerprint density at radius 3 is 2.42 bits per heavy atom. The monoisotopic (exact) mass is 277 g/mol. The number of nitrogens with zero attached hydrogens (tertiary/aromatic N) is 1. The molecule has 0 spiro atoms. The Kier molecular flexibility index (Phi) is 4.17. The second-order valence-corrected chi connectivity index (χ2v) is 4.67. The zero-order chi connectivity index (χ0) is 13.8. The molecular formula is C15H13ClFNO. The minimum atomic E-state index is -0.288. The van der Waals surface area contributed by atoms with Gasteiger partial charge in [-0.05, 0) is 29.8 Å². The average molecular weight is 278 g/mol. The van der Waals surface area contributed by atoms with Gasteiger partial charge in [-0.25, -0.2) is 4.39 Å². The van der Waals surface area contributed by atoms with E-state index in [0.29, 0.717) is 17.1 Å². The third-order valence-electron chi connectivity index (χ3n) is 2.78. The largest absolute Gasteiger partial charge is 0.337 e. The van der Waals surface area contributed by atoms with Crippen LogP contribution in [0.5, 0.6) is 0 Å². The summed E-state index contributed by atoms with van der Waals surface area (Å²) < 4.78 is 12.8.